The normalized spacial score (nSPS) is 16.9. The largest absolute Gasteiger partial charge is 0.368 e. The highest BCUT2D eigenvalue weighted by atomic mass is 16.5. The van der Waals surface area contributed by atoms with Gasteiger partial charge in [-0.2, -0.15) is 0 Å². The van der Waals surface area contributed by atoms with Crippen molar-refractivity contribution in [3.63, 3.8) is 0 Å². The number of rotatable bonds is 8. The molecule has 1 fully saturated rings. The second-order valence-corrected chi connectivity index (χ2v) is 7.59. The molecule has 0 saturated carbocycles. The number of carbonyl (C=O) groups is 1. The van der Waals surface area contributed by atoms with Gasteiger partial charge in [0.15, 0.2) is 0 Å². The van der Waals surface area contributed by atoms with E-state index in [1.54, 1.807) is 0 Å². The Hall–Kier alpha value is -1.39. The molecule has 1 aromatic rings. The van der Waals surface area contributed by atoms with Crippen LogP contribution in [0.3, 0.4) is 0 Å². The second kappa shape index (κ2) is 9.19. The van der Waals surface area contributed by atoms with E-state index in [2.05, 4.69) is 43.4 Å². The predicted molar refractivity (Wildman–Crippen MR) is 97.8 cm³/mol. The molecule has 24 heavy (non-hydrogen) atoms. The molecule has 1 atom stereocenters. The minimum absolute atomic E-state index is 0.00871. The summed E-state index contributed by atoms with van der Waals surface area (Å²) in [5.41, 5.74) is 1.27. The molecule has 1 N–H and O–H groups in total. The molecule has 134 valence electrons. The Morgan fingerprint density at radius 1 is 1.21 bits per heavy atom. The summed E-state index contributed by atoms with van der Waals surface area (Å²) in [4.78, 5) is 14.4. The highest BCUT2D eigenvalue weighted by molar-refractivity contribution is 5.80. The zero-order chi connectivity index (χ0) is 17.4. The van der Waals surface area contributed by atoms with Crippen molar-refractivity contribution in [2.75, 3.05) is 26.2 Å². The van der Waals surface area contributed by atoms with Gasteiger partial charge in [0.2, 0.25) is 0 Å². The molecule has 1 amide bonds. The average molecular weight is 332 g/mol. The summed E-state index contributed by atoms with van der Waals surface area (Å²) in [6, 6.07) is 10.4. The van der Waals surface area contributed by atoms with Gasteiger partial charge < -0.3 is 15.0 Å². The van der Waals surface area contributed by atoms with Gasteiger partial charge in [-0.1, -0.05) is 44.2 Å². The maximum Gasteiger partial charge on any atom is 0.251 e. The molecule has 0 bridgehead atoms. The molecule has 2 rings (SSSR count). The Balaban J connectivity index is 1.69. The van der Waals surface area contributed by atoms with Crippen molar-refractivity contribution in [2.45, 2.75) is 52.7 Å². The van der Waals surface area contributed by atoms with Gasteiger partial charge >= 0.3 is 0 Å². The molecule has 1 aliphatic rings. The molecule has 1 saturated heterocycles. The third-order valence-electron chi connectivity index (χ3n) is 4.52. The SMILES string of the molecule is CC(OCC(C)(C)CNCc1ccccc1)C(=O)N1CCCCC1. The Morgan fingerprint density at radius 3 is 2.54 bits per heavy atom. The van der Waals surface area contributed by atoms with Crippen LogP contribution in [0.4, 0.5) is 0 Å². The van der Waals surface area contributed by atoms with Crippen molar-refractivity contribution in [3.8, 4) is 0 Å². The molecular formula is C20H32N2O2. The van der Waals surface area contributed by atoms with E-state index >= 15 is 0 Å². The van der Waals surface area contributed by atoms with E-state index < -0.39 is 0 Å². The summed E-state index contributed by atoms with van der Waals surface area (Å²) < 4.78 is 5.89. The molecule has 0 aliphatic carbocycles. The minimum atomic E-state index is -0.350. The molecule has 1 unspecified atom stereocenters. The van der Waals surface area contributed by atoms with Crippen molar-refractivity contribution in [3.05, 3.63) is 35.9 Å². The number of ether oxygens (including phenoxy) is 1. The van der Waals surface area contributed by atoms with Crippen molar-refractivity contribution in [1.29, 1.82) is 0 Å². The summed E-state index contributed by atoms with van der Waals surface area (Å²) >= 11 is 0. The molecule has 1 aromatic carbocycles. The molecule has 1 aliphatic heterocycles. The first kappa shape index (κ1) is 18.9. The predicted octanol–water partition coefficient (Wildman–Crippen LogP) is 3.22. The van der Waals surface area contributed by atoms with Crippen LogP contribution >= 0.6 is 0 Å². The van der Waals surface area contributed by atoms with Crippen LogP contribution < -0.4 is 5.32 Å². The quantitative estimate of drug-likeness (QED) is 0.795. The van der Waals surface area contributed by atoms with Gasteiger partial charge in [-0.3, -0.25) is 4.79 Å². The first-order chi connectivity index (χ1) is 11.5. The average Bonchev–Trinajstić information content (AvgIpc) is 2.60. The number of hydrogen-bond acceptors (Lipinski definition) is 3. The van der Waals surface area contributed by atoms with Crippen molar-refractivity contribution in [2.24, 2.45) is 5.41 Å². The van der Waals surface area contributed by atoms with Crippen LogP contribution in [0.15, 0.2) is 30.3 Å². The number of benzene rings is 1. The van der Waals surface area contributed by atoms with Crippen LogP contribution in [0.5, 0.6) is 0 Å². The number of amides is 1. The second-order valence-electron chi connectivity index (χ2n) is 7.59. The number of likely N-dealkylation sites (tertiary alicyclic amines) is 1. The van der Waals surface area contributed by atoms with Gasteiger partial charge in [0.25, 0.3) is 5.91 Å². The van der Waals surface area contributed by atoms with Crippen molar-refractivity contribution < 1.29 is 9.53 Å². The van der Waals surface area contributed by atoms with Crippen molar-refractivity contribution >= 4 is 5.91 Å². The van der Waals surface area contributed by atoms with E-state index in [1.165, 1.54) is 12.0 Å². The Morgan fingerprint density at radius 2 is 1.88 bits per heavy atom. The topological polar surface area (TPSA) is 41.6 Å². The van der Waals surface area contributed by atoms with E-state index in [0.717, 1.165) is 39.0 Å². The number of piperidine rings is 1. The number of hydrogen-bond donors (Lipinski definition) is 1. The van der Waals surface area contributed by atoms with Crippen LogP contribution in [0.1, 0.15) is 45.6 Å². The molecule has 4 nitrogen and oxygen atoms in total. The Labute approximate surface area is 146 Å². The van der Waals surface area contributed by atoms with Crippen LogP contribution in [0.2, 0.25) is 0 Å². The highest BCUT2D eigenvalue weighted by Gasteiger charge is 2.25. The molecule has 1 heterocycles. The third kappa shape index (κ3) is 6.25. The van der Waals surface area contributed by atoms with Crippen LogP contribution in [0, 0.1) is 5.41 Å². The van der Waals surface area contributed by atoms with E-state index in [1.807, 2.05) is 17.9 Å². The first-order valence-corrected chi connectivity index (χ1v) is 9.13. The Bertz CT molecular complexity index is 496. The van der Waals surface area contributed by atoms with Gasteiger partial charge in [0, 0.05) is 31.6 Å². The summed E-state index contributed by atoms with van der Waals surface area (Å²) in [5.74, 6) is 0.141. The lowest BCUT2D eigenvalue weighted by Crippen LogP contribution is -2.43. The number of carbonyl (C=O) groups excluding carboxylic acids is 1. The minimum Gasteiger partial charge on any atom is -0.368 e. The fraction of sp³-hybridized carbons (Fsp3) is 0.650. The number of nitrogens with one attached hydrogen (secondary N) is 1. The lowest BCUT2D eigenvalue weighted by Gasteiger charge is -2.31. The van der Waals surface area contributed by atoms with E-state index in [-0.39, 0.29) is 17.4 Å². The van der Waals surface area contributed by atoms with Gasteiger partial charge in [-0.25, -0.2) is 0 Å². The molecule has 0 radical (unpaired) electrons. The Kier molecular flexibility index (Phi) is 7.25. The summed E-state index contributed by atoms with van der Waals surface area (Å²) in [6.45, 7) is 10.3. The van der Waals surface area contributed by atoms with E-state index in [9.17, 15) is 4.79 Å². The standard InChI is InChI=1S/C20H32N2O2/c1-17(19(23)22-12-8-5-9-13-22)24-16-20(2,3)15-21-14-18-10-6-4-7-11-18/h4,6-7,10-11,17,21H,5,8-9,12-16H2,1-3H3. The first-order valence-electron chi connectivity index (χ1n) is 9.13. The number of nitrogens with zero attached hydrogens (tertiary/aromatic N) is 1. The summed E-state index contributed by atoms with van der Waals surface area (Å²) in [7, 11) is 0. The fourth-order valence-electron chi connectivity index (χ4n) is 2.99. The van der Waals surface area contributed by atoms with Gasteiger partial charge in [-0.15, -0.1) is 0 Å². The van der Waals surface area contributed by atoms with Crippen LogP contribution in [-0.2, 0) is 16.1 Å². The van der Waals surface area contributed by atoms with Gasteiger partial charge in [-0.05, 0) is 31.7 Å². The zero-order valence-corrected chi connectivity index (χ0v) is 15.4. The van der Waals surface area contributed by atoms with Crippen LogP contribution in [0.25, 0.3) is 0 Å². The molecular weight excluding hydrogens is 300 g/mol. The van der Waals surface area contributed by atoms with E-state index in [0.29, 0.717) is 6.61 Å². The van der Waals surface area contributed by atoms with E-state index in [4.69, 9.17) is 4.74 Å². The maximum absolute atomic E-state index is 12.4. The summed E-state index contributed by atoms with van der Waals surface area (Å²) in [5, 5.41) is 3.48. The molecule has 0 spiro atoms. The lowest BCUT2D eigenvalue weighted by atomic mass is 9.94. The maximum atomic E-state index is 12.4. The smallest absolute Gasteiger partial charge is 0.251 e. The fourth-order valence-corrected chi connectivity index (χ4v) is 2.99. The third-order valence-corrected chi connectivity index (χ3v) is 4.52. The van der Waals surface area contributed by atoms with Crippen molar-refractivity contribution in [1.82, 2.24) is 10.2 Å². The lowest BCUT2D eigenvalue weighted by molar-refractivity contribution is -0.145. The van der Waals surface area contributed by atoms with Gasteiger partial charge in [0.1, 0.15) is 6.10 Å². The monoisotopic (exact) mass is 332 g/mol. The molecule has 4 heteroatoms. The molecule has 0 aromatic heterocycles. The highest BCUT2D eigenvalue weighted by Crippen LogP contribution is 2.17. The van der Waals surface area contributed by atoms with Crippen LogP contribution in [-0.4, -0.2) is 43.2 Å². The van der Waals surface area contributed by atoms with Gasteiger partial charge in [0.05, 0.1) is 6.61 Å². The summed E-state index contributed by atoms with van der Waals surface area (Å²) in [6.07, 6.45) is 3.12. The zero-order valence-electron chi connectivity index (χ0n) is 15.4.